The summed E-state index contributed by atoms with van der Waals surface area (Å²) < 4.78 is 31.5. The third-order valence-electron chi connectivity index (χ3n) is 2.62. The van der Waals surface area contributed by atoms with Crippen molar-refractivity contribution in [2.75, 3.05) is 0 Å². The van der Waals surface area contributed by atoms with Crippen LogP contribution < -0.4 is 9.83 Å². The molecule has 0 radical (unpaired) electrons. The van der Waals surface area contributed by atoms with Gasteiger partial charge in [0, 0.05) is 0 Å². The first-order chi connectivity index (χ1) is 9.97. The van der Waals surface area contributed by atoms with E-state index in [9.17, 15) is 18.3 Å². The van der Waals surface area contributed by atoms with Crippen molar-refractivity contribution in [3.63, 3.8) is 0 Å². The highest BCUT2D eigenvalue weighted by Crippen LogP contribution is 2.12. The van der Waals surface area contributed by atoms with Crippen LogP contribution in [0, 0.1) is 0 Å². The summed E-state index contributed by atoms with van der Waals surface area (Å²) in [6.45, 7) is 0.0572. The average Bonchev–Trinajstić information content (AvgIpc) is 2.97. The van der Waals surface area contributed by atoms with Crippen LogP contribution in [-0.2, 0) is 21.4 Å². The summed E-state index contributed by atoms with van der Waals surface area (Å²) in [5, 5.41) is 10.3. The van der Waals surface area contributed by atoms with Crippen molar-refractivity contribution < 1.29 is 22.7 Å². The maximum atomic E-state index is 12.0. The second-order valence-electron chi connectivity index (χ2n) is 4.13. The highest BCUT2D eigenvalue weighted by molar-refractivity contribution is 7.89. The number of carbonyl (C=O) groups is 1. The molecule has 0 amide bonds. The van der Waals surface area contributed by atoms with Gasteiger partial charge in [-0.25, -0.2) is 13.1 Å². The molecule has 1 heterocycles. The number of carbonyl (C=O) groups excluding carboxylic acids is 1. The topological polar surface area (TPSA) is 99.4 Å². The molecule has 0 aliphatic rings. The Morgan fingerprint density at radius 3 is 2.52 bits per heavy atom. The standard InChI is InChI=1S/C14H13NO5S/c16-14(17)8-5-11-3-6-13(7-4-11)21(18,19)15-10-12-2-1-9-20-12/h1-9,15H,10H2,(H,16,17)/p-1. The van der Waals surface area contributed by atoms with Crippen molar-refractivity contribution in [1.29, 1.82) is 0 Å². The Labute approximate surface area is 121 Å². The van der Waals surface area contributed by atoms with E-state index in [1.54, 1.807) is 12.1 Å². The van der Waals surface area contributed by atoms with Gasteiger partial charge in [0.2, 0.25) is 10.0 Å². The van der Waals surface area contributed by atoms with E-state index in [2.05, 4.69) is 4.72 Å². The second kappa shape index (κ2) is 6.38. The third kappa shape index (κ3) is 4.30. The molecule has 0 aliphatic carbocycles. The van der Waals surface area contributed by atoms with Crippen molar-refractivity contribution in [2.45, 2.75) is 11.4 Å². The molecule has 6 nitrogen and oxygen atoms in total. The first-order valence-corrected chi connectivity index (χ1v) is 7.47. The Morgan fingerprint density at radius 1 is 1.24 bits per heavy atom. The molecule has 1 aromatic carbocycles. The number of carboxylic acid groups (broad SMARTS) is 1. The smallest absolute Gasteiger partial charge is 0.240 e. The quantitative estimate of drug-likeness (QED) is 0.784. The summed E-state index contributed by atoms with van der Waals surface area (Å²) >= 11 is 0. The van der Waals surface area contributed by atoms with Crippen LogP contribution in [-0.4, -0.2) is 14.4 Å². The fourth-order valence-electron chi connectivity index (χ4n) is 1.58. The largest absolute Gasteiger partial charge is 0.545 e. The van der Waals surface area contributed by atoms with Gasteiger partial charge in [0.25, 0.3) is 0 Å². The molecule has 1 aromatic heterocycles. The number of hydrogen-bond acceptors (Lipinski definition) is 5. The zero-order valence-electron chi connectivity index (χ0n) is 10.9. The molecule has 21 heavy (non-hydrogen) atoms. The predicted molar refractivity (Wildman–Crippen MR) is 73.2 cm³/mol. The summed E-state index contributed by atoms with van der Waals surface area (Å²) in [5.41, 5.74) is 0.559. The molecular formula is C14H12NO5S-. The number of rotatable bonds is 6. The zero-order valence-corrected chi connectivity index (χ0v) is 11.7. The Kier molecular flexibility index (Phi) is 4.56. The van der Waals surface area contributed by atoms with Crippen LogP contribution in [0.15, 0.2) is 58.1 Å². The average molecular weight is 306 g/mol. The molecule has 1 N–H and O–H groups in total. The van der Waals surface area contributed by atoms with Crippen molar-refractivity contribution in [3.05, 3.63) is 60.1 Å². The van der Waals surface area contributed by atoms with Gasteiger partial charge in [0.05, 0.1) is 23.7 Å². The van der Waals surface area contributed by atoms with Crippen LogP contribution in [0.4, 0.5) is 0 Å². The highest BCUT2D eigenvalue weighted by Gasteiger charge is 2.13. The number of carboxylic acids is 1. The van der Waals surface area contributed by atoms with Crippen LogP contribution >= 0.6 is 0 Å². The number of nitrogens with one attached hydrogen (secondary N) is 1. The minimum atomic E-state index is -3.65. The summed E-state index contributed by atoms with van der Waals surface area (Å²) in [4.78, 5) is 10.4. The van der Waals surface area contributed by atoms with Gasteiger partial charge in [0.15, 0.2) is 0 Å². The molecule has 0 fully saturated rings. The molecular weight excluding hydrogens is 294 g/mol. The minimum Gasteiger partial charge on any atom is -0.545 e. The van der Waals surface area contributed by atoms with Gasteiger partial charge >= 0.3 is 0 Å². The van der Waals surface area contributed by atoms with Crippen molar-refractivity contribution in [3.8, 4) is 0 Å². The van der Waals surface area contributed by atoms with Gasteiger partial charge in [-0.2, -0.15) is 0 Å². The van der Waals surface area contributed by atoms with Gasteiger partial charge in [-0.3, -0.25) is 0 Å². The SMILES string of the molecule is O=C([O-])C=Cc1ccc(S(=O)(=O)NCc2ccco2)cc1. The molecule has 0 unspecified atom stereocenters. The molecule has 0 saturated carbocycles. The molecule has 2 aromatic rings. The number of furan rings is 1. The van der Waals surface area contributed by atoms with Gasteiger partial charge in [-0.15, -0.1) is 0 Å². The lowest BCUT2D eigenvalue weighted by molar-refractivity contribution is -0.297. The number of benzene rings is 1. The van der Waals surface area contributed by atoms with Crippen LogP contribution in [0.2, 0.25) is 0 Å². The van der Waals surface area contributed by atoms with Crippen molar-refractivity contribution >= 4 is 22.1 Å². The lowest BCUT2D eigenvalue weighted by Crippen LogP contribution is -2.22. The summed E-state index contributed by atoms with van der Waals surface area (Å²) in [7, 11) is -3.65. The maximum absolute atomic E-state index is 12.0. The third-order valence-corrected chi connectivity index (χ3v) is 4.04. The van der Waals surface area contributed by atoms with Crippen LogP contribution in [0.3, 0.4) is 0 Å². The first-order valence-electron chi connectivity index (χ1n) is 5.98. The molecule has 0 atom stereocenters. The Balaban J connectivity index is 2.08. The summed E-state index contributed by atoms with van der Waals surface area (Å²) in [6.07, 6.45) is 3.66. The van der Waals surface area contributed by atoms with E-state index in [1.807, 2.05) is 0 Å². The van der Waals surface area contributed by atoms with Gasteiger partial charge < -0.3 is 14.3 Å². The summed E-state index contributed by atoms with van der Waals surface area (Å²) in [5.74, 6) is -0.807. The van der Waals surface area contributed by atoms with E-state index < -0.39 is 16.0 Å². The van der Waals surface area contributed by atoms with E-state index in [0.29, 0.717) is 11.3 Å². The molecule has 7 heteroatoms. The predicted octanol–water partition coefficient (Wildman–Crippen LogP) is 0.521. The van der Waals surface area contributed by atoms with E-state index in [-0.39, 0.29) is 11.4 Å². The van der Waals surface area contributed by atoms with Gasteiger partial charge in [-0.1, -0.05) is 18.2 Å². The molecule has 0 bridgehead atoms. The summed E-state index contributed by atoms with van der Waals surface area (Å²) in [6, 6.07) is 9.11. The Hall–Kier alpha value is -2.38. The van der Waals surface area contributed by atoms with Crippen LogP contribution in [0.5, 0.6) is 0 Å². The van der Waals surface area contributed by atoms with Crippen molar-refractivity contribution in [2.24, 2.45) is 0 Å². The lowest BCUT2D eigenvalue weighted by atomic mass is 10.2. The Bertz CT molecular complexity index is 730. The van der Waals surface area contributed by atoms with Crippen LogP contribution in [0.1, 0.15) is 11.3 Å². The minimum absolute atomic E-state index is 0.0572. The van der Waals surface area contributed by atoms with E-state index >= 15 is 0 Å². The molecule has 0 aliphatic heterocycles. The number of aliphatic carboxylic acids is 1. The second-order valence-corrected chi connectivity index (χ2v) is 5.89. The van der Waals surface area contributed by atoms with E-state index in [1.165, 1.54) is 36.6 Å². The number of sulfonamides is 1. The van der Waals surface area contributed by atoms with Crippen molar-refractivity contribution in [1.82, 2.24) is 4.72 Å². The Morgan fingerprint density at radius 2 is 1.95 bits per heavy atom. The fourth-order valence-corrected chi connectivity index (χ4v) is 2.58. The van der Waals surface area contributed by atoms with Gasteiger partial charge in [0.1, 0.15) is 5.76 Å². The molecule has 0 saturated heterocycles. The number of hydrogen-bond donors (Lipinski definition) is 1. The van der Waals surface area contributed by atoms with Crippen LogP contribution in [0.25, 0.3) is 6.08 Å². The van der Waals surface area contributed by atoms with E-state index in [0.717, 1.165) is 6.08 Å². The zero-order chi connectivity index (χ0) is 15.3. The molecule has 0 spiro atoms. The molecule has 2 rings (SSSR count). The normalized spacial score (nSPS) is 11.8. The van der Waals surface area contributed by atoms with Gasteiger partial charge in [-0.05, 0) is 35.9 Å². The lowest BCUT2D eigenvalue weighted by Gasteiger charge is -2.05. The maximum Gasteiger partial charge on any atom is 0.240 e. The monoisotopic (exact) mass is 306 g/mol. The van der Waals surface area contributed by atoms with E-state index in [4.69, 9.17) is 4.42 Å². The molecule has 110 valence electrons. The first kappa shape index (κ1) is 15.0. The highest BCUT2D eigenvalue weighted by atomic mass is 32.2. The fraction of sp³-hybridized carbons (Fsp3) is 0.0714.